The zero-order valence-electron chi connectivity index (χ0n) is 18.7. The predicted octanol–water partition coefficient (Wildman–Crippen LogP) is 3.71. The SMILES string of the molecule is CCOC(=O)N1CCC(NC(N)=NCc2ccc(CN3CCCCCC3)cc2)CC1.I. The van der Waals surface area contributed by atoms with Crippen LogP contribution < -0.4 is 11.1 Å². The van der Waals surface area contributed by atoms with Gasteiger partial charge in [0.25, 0.3) is 0 Å². The lowest BCUT2D eigenvalue weighted by molar-refractivity contribution is 0.0963. The number of benzene rings is 1. The van der Waals surface area contributed by atoms with E-state index in [0.29, 0.717) is 32.2 Å². The standard InChI is InChI=1S/C23H37N5O2.HI/c1-2-30-23(29)28-15-11-21(12-16-28)26-22(24)25-17-19-7-9-20(10-8-19)18-27-13-5-3-4-6-14-27;/h7-10,21H,2-6,11-18H2,1H3,(H3,24,25,26);1H. The van der Waals surface area contributed by atoms with Crippen molar-refractivity contribution in [1.82, 2.24) is 15.1 Å². The number of rotatable bonds is 6. The minimum atomic E-state index is -0.225. The zero-order chi connectivity index (χ0) is 21.2. The number of nitrogens with two attached hydrogens (primary N) is 1. The van der Waals surface area contributed by atoms with Crippen LogP contribution in [-0.4, -0.2) is 60.7 Å². The molecule has 174 valence electrons. The van der Waals surface area contributed by atoms with Crippen LogP contribution in [0, 0.1) is 0 Å². The van der Waals surface area contributed by atoms with Crippen molar-refractivity contribution in [3.8, 4) is 0 Å². The van der Waals surface area contributed by atoms with Gasteiger partial charge in [0.1, 0.15) is 0 Å². The Morgan fingerprint density at radius 2 is 1.68 bits per heavy atom. The van der Waals surface area contributed by atoms with Crippen LogP contribution in [0.2, 0.25) is 0 Å². The molecule has 0 radical (unpaired) electrons. The second kappa shape index (κ2) is 13.8. The largest absolute Gasteiger partial charge is 0.450 e. The topological polar surface area (TPSA) is 83.2 Å². The number of aliphatic imine (C=N–C) groups is 1. The number of hydrogen-bond acceptors (Lipinski definition) is 4. The lowest BCUT2D eigenvalue weighted by Gasteiger charge is -2.31. The van der Waals surface area contributed by atoms with Gasteiger partial charge < -0.3 is 20.7 Å². The predicted molar refractivity (Wildman–Crippen MR) is 136 cm³/mol. The highest BCUT2D eigenvalue weighted by atomic mass is 127. The molecule has 2 aliphatic rings. The maximum atomic E-state index is 11.8. The van der Waals surface area contributed by atoms with Crippen molar-refractivity contribution in [2.75, 3.05) is 32.8 Å². The molecule has 2 fully saturated rings. The van der Waals surface area contributed by atoms with Crippen molar-refractivity contribution in [2.24, 2.45) is 10.7 Å². The number of guanidine groups is 1. The molecule has 7 nitrogen and oxygen atoms in total. The van der Waals surface area contributed by atoms with Gasteiger partial charge in [0, 0.05) is 25.7 Å². The molecule has 0 unspecified atom stereocenters. The molecule has 2 aliphatic heterocycles. The van der Waals surface area contributed by atoms with Gasteiger partial charge in [-0.2, -0.15) is 0 Å². The third-order valence-electron chi connectivity index (χ3n) is 5.93. The molecule has 0 spiro atoms. The monoisotopic (exact) mass is 543 g/mol. The first-order chi connectivity index (χ1) is 14.6. The van der Waals surface area contributed by atoms with E-state index in [9.17, 15) is 4.79 Å². The van der Waals surface area contributed by atoms with Crippen molar-refractivity contribution < 1.29 is 9.53 Å². The molecule has 0 bridgehead atoms. The van der Waals surface area contributed by atoms with Crippen LogP contribution in [0.5, 0.6) is 0 Å². The van der Waals surface area contributed by atoms with Crippen LogP contribution in [-0.2, 0) is 17.8 Å². The number of amides is 1. The summed E-state index contributed by atoms with van der Waals surface area (Å²) in [5.41, 5.74) is 8.62. The number of nitrogens with zero attached hydrogens (tertiary/aromatic N) is 3. The van der Waals surface area contributed by atoms with Crippen molar-refractivity contribution in [3.63, 3.8) is 0 Å². The summed E-state index contributed by atoms with van der Waals surface area (Å²) >= 11 is 0. The van der Waals surface area contributed by atoms with Crippen molar-refractivity contribution in [2.45, 2.75) is 64.6 Å². The Hall–Kier alpha value is -1.55. The third kappa shape index (κ3) is 8.84. The number of ether oxygens (including phenoxy) is 1. The van der Waals surface area contributed by atoms with Gasteiger partial charge in [-0.05, 0) is 56.8 Å². The fourth-order valence-electron chi connectivity index (χ4n) is 4.15. The molecular weight excluding hydrogens is 505 g/mol. The van der Waals surface area contributed by atoms with Crippen LogP contribution in [0.25, 0.3) is 0 Å². The van der Waals surface area contributed by atoms with Crippen molar-refractivity contribution in [1.29, 1.82) is 0 Å². The van der Waals surface area contributed by atoms with E-state index in [1.54, 1.807) is 4.90 Å². The summed E-state index contributed by atoms with van der Waals surface area (Å²) in [5.74, 6) is 0.471. The number of carbonyl (C=O) groups is 1. The average Bonchev–Trinajstić information content (AvgIpc) is 3.03. The van der Waals surface area contributed by atoms with Crippen LogP contribution in [0.1, 0.15) is 56.6 Å². The first-order valence-electron chi connectivity index (χ1n) is 11.4. The summed E-state index contributed by atoms with van der Waals surface area (Å²) in [4.78, 5) is 20.6. The highest BCUT2D eigenvalue weighted by Gasteiger charge is 2.23. The smallest absolute Gasteiger partial charge is 0.409 e. The zero-order valence-corrected chi connectivity index (χ0v) is 21.1. The Bertz CT molecular complexity index is 682. The van der Waals surface area contributed by atoms with E-state index in [4.69, 9.17) is 10.5 Å². The lowest BCUT2D eigenvalue weighted by atomic mass is 10.1. The van der Waals surface area contributed by atoms with Crippen LogP contribution in [0.3, 0.4) is 0 Å². The fraction of sp³-hybridized carbons (Fsp3) is 0.652. The number of halogens is 1. The molecule has 2 heterocycles. The van der Waals surface area contributed by atoms with Gasteiger partial charge in [-0.25, -0.2) is 9.79 Å². The number of piperidine rings is 1. The molecule has 0 aliphatic carbocycles. The fourth-order valence-corrected chi connectivity index (χ4v) is 4.15. The molecule has 0 aromatic heterocycles. The maximum absolute atomic E-state index is 11.8. The van der Waals surface area contributed by atoms with Crippen LogP contribution >= 0.6 is 24.0 Å². The molecule has 31 heavy (non-hydrogen) atoms. The summed E-state index contributed by atoms with van der Waals surface area (Å²) in [5, 5.41) is 3.29. The highest BCUT2D eigenvalue weighted by molar-refractivity contribution is 14.0. The van der Waals surface area contributed by atoms with Gasteiger partial charge in [-0.15, -0.1) is 24.0 Å². The first-order valence-corrected chi connectivity index (χ1v) is 11.4. The molecule has 0 atom stereocenters. The average molecular weight is 543 g/mol. The normalized spacial score (nSPS) is 18.7. The lowest BCUT2D eigenvalue weighted by Crippen LogP contribution is -2.48. The Morgan fingerprint density at radius 1 is 1.06 bits per heavy atom. The van der Waals surface area contributed by atoms with Gasteiger partial charge >= 0.3 is 6.09 Å². The Labute approximate surface area is 203 Å². The number of hydrogen-bond donors (Lipinski definition) is 2. The Kier molecular flexibility index (Phi) is 11.4. The van der Waals surface area contributed by atoms with E-state index in [1.807, 2.05) is 6.92 Å². The van der Waals surface area contributed by atoms with E-state index in [-0.39, 0.29) is 36.1 Å². The molecule has 8 heteroatoms. The van der Waals surface area contributed by atoms with Gasteiger partial charge in [0.05, 0.1) is 13.2 Å². The number of carbonyl (C=O) groups excluding carboxylic acids is 1. The molecular formula is C23H38IN5O2. The number of likely N-dealkylation sites (tertiary alicyclic amines) is 2. The second-order valence-corrected chi connectivity index (χ2v) is 8.31. The van der Waals surface area contributed by atoms with Gasteiger partial charge in [0.2, 0.25) is 0 Å². The molecule has 3 N–H and O–H groups in total. The van der Waals surface area contributed by atoms with E-state index < -0.39 is 0 Å². The van der Waals surface area contributed by atoms with Gasteiger partial charge in [-0.1, -0.05) is 37.1 Å². The minimum Gasteiger partial charge on any atom is -0.450 e. The third-order valence-corrected chi connectivity index (χ3v) is 5.93. The summed E-state index contributed by atoms with van der Waals surface area (Å²) in [6, 6.07) is 8.98. The minimum absolute atomic E-state index is 0. The van der Waals surface area contributed by atoms with Crippen LogP contribution in [0.4, 0.5) is 4.79 Å². The Balaban J connectivity index is 0.00000341. The summed E-state index contributed by atoms with van der Waals surface area (Å²) in [6.07, 6.45) is 6.85. The van der Waals surface area contributed by atoms with Crippen molar-refractivity contribution in [3.05, 3.63) is 35.4 Å². The highest BCUT2D eigenvalue weighted by Crippen LogP contribution is 2.14. The molecule has 1 amide bonds. The number of nitrogens with one attached hydrogen (secondary N) is 1. The second-order valence-electron chi connectivity index (χ2n) is 8.31. The molecule has 1 aromatic carbocycles. The molecule has 2 saturated heterocycles. The van der Waals surface area contributed by atoms with Gasteiger partial charge in [-0.3, -0.25) is 4.90 Å². The van der Waals surface area contributed by atoms with Gasteiger partial charge in [0.15, 0.2) is 5.96 Å². The summed E-state index contributed by atoms with van der Waals surface area (Å²) in [6.45, 7) is 7.65. The quantitative estimate of drug-likeness (QED) is 0.325. The van der Waals surface area contributed by atoms with Crippen molar-refractivity contribution >= 4 is 36.0 Å². The molecule has 3 rings (SSSR count). The molecule has 0 saturated carbocycles. The summed E-state index contributed by atoms with van der Waals surface area (Å²) < 4.78 is 5.06. The van der Waals surface area contributed by atoms with E-state index in [1.165, 1.54) is 44.3 Å². The first kappa shape index (κ1) is 25.7. The maximum Gasteiger partial charge on any atom is 0.409 e. The van der Waals surface area contributed by atoms with E-state index >= 15 is 0 Å². The van der Waals surface area contributed by atoms with E-state index in [2.05, 4.69) is 39.5 Å². The van der Waals surface area contributed by atoms with Crippen LogP contribution in [0.15, 0.2) is 29.3 Å². The summed E-state index contributed by atoms with van der Waals surface area (Å²) in [7, 11) is 0. The Morgan fingerprint density at radius 3 is 2.29 bits per heavy atom. The molecule has 1 aromatic rings. The van der Waals surface area contributed by atoms with E-state index in [0.717, 1.165) is 24.9 Å².